The van der Waals surface area contributed by atoms with Gasteiger partial charge >= 0.3 is 0 Å². The number of anilines is 3. The smallest absolute Gasteiger partial charge is 0.221 e. The molecule has 0 amide bonds. The molecule has 0 aliphatic rings. The fourth-order valence-electron chi connectivity index (χ4n) is 1.26. The number of rotatable bonds is 2. The molecule has 0 fully saturated rings. The average Bonchev–Trinajstić information content (AvgIpc) is 2.24. The molecule has 82 valence electrons. The van der Waals surface area contributed by atoms with Gasteiger partial charge in [-0.15, -0.1) is 0 Å². The predicted molar refractivity (Wildman–Crippen MR) is 68.6 cm³/mol. The largest absolute Gasteiger partial charge is 0.368 e. The summed E-state index contributed by atoms with van der Waals surface area (Å²) in [6, 6.07) is 7.77. The van der Waals surface area contributed by atoms with Gasteiger partial charge < -0.3 is 11.1 Å². The topological polar surface area (TPSA) is 63.8 Å². The van der Waals surface area contributed by atoms with Gasteiger partial charge in [-0.1, -0.05) is 22.0 Å². The van der Waals surface area contributed by atoms with E-state index in [-0.39, 0.29) is 5.95 Å². The predicted octanol–water partition coefficient (Wildman–Crippen LogP) is 2.87. The lowest BCUT2D eigenvalue weighted by Gasteiger charge is -2.07. The maximum atomic E-state index is 5.49. The van der Waals surface area contributed by atoms with Gasteiger partial charge in [-0.3, -0.25) is 0 Å². The highest BCUT2D eigenvalue weighted by Crippen LogP contribution is 2.22. The van der Waals surface area contributed by atoms with Crippen LogP contribution in [0.3, 0.4) is 0 Å². The number of halogens is 1. The minimum atomic E-state index is 0.260. The van der Waals surface area contributed by atoms with E-state index < -0.39 is 0 Å². The van der Waals surface area contributed by atoms with Crippen LogP contribution in [0.1, 0.15) is 5.56 Å². The normalized spacial score (nSPS) is 10.1. The fraction of sp³-hybridized carbons (Fsp3) is 0.0909. The molecule has 1 aromatic heterocycles. The highest BCUT2D eigenvalue weighted by Gasteiger charge is 1.99. The molecule has 2 aromatic rings. The van der Waals surface area contributed by atoms with Gasteiger partial charge in [0.25, 0.3) is 0 Å². The molecule has 0 spiro atoms. The first kappa shape index (κ1) is 10.9. The quantitative estimate of drug-likeness (QED) is 0.887. The summed E-state index contributed by atoms with van der Waals surface area (Å²) in [5, 5.41) is 3.15. The average molecular weight is 279 g/mol. The van der Waals surface area contributed by atoms with Crippen molar-refractivity contribution in [3.8, 4) is 0 Å². The molecular weight excluding hydrogens is 268 g/mol. The number of nitrogen functional groups attached to an aromatic ring is 1. The Bertz CT molecular complexity index is 513. The van der Waals surface area contributed by atoms with Crippen molar-refractivity contribution < 1.29 is 0 Å². The van der Waals surface area contributed by atoms with Gasteiger partial charge in [-0.25, -0.2) is 4.98 Å². The van der Waals surface area contributed by atoms with E-state index in [1.807, 2.05) is 25.1 Å². The molecule has 1 heterocycles. The first-order valence-electron chi connectivity index (χ1n) is 4.77. The summed E-state index contributed by atoms with van der Waals surface area (Å²) >= 11 is 3.48. The van der Waals surface area contributed by atoms with E-state index in [1.165, 1.54) is 5.56 Å². The maximum Gasteiger partial charge on any atom is 0.221 e. The zero-order valence-electron chi connectivity index (χ0n) is 8.74. The van der Waals surface area contributed by atoms with Crippen LogP contribution >= 0.6 is 15.9 Å². The molecule has 1 aromatic carbocycles. The monoisotopic (exact) mass is 278 g/mol. The number of nitrogens with one attached hydrogen (secondary N) is 1. The van der Waals surface area contributed by atoms with Crippen LogP contribution in [-0.2, 0) is 0 Å². The fourth-order valence-corrected chi connectivity index (χ4v) is 1.64. The zero-order valence-corrected chi connectivity index (χ0v) is 10.3. The molecule has 3 N–H and O–H groups in total. The minimum absolute atomic E-state index is 0.260. The van der Waals surface area contributed by atoms with Crippen molar-refractivity contribution in [1.29, 1.82) is 0 Å². The Morgan fingerprint density at radius 2 is 2.12 bits per heavy atom. The molecule has 2 rings (SSSR count). The van der Waals surface area contributed by atoms with Crippen LogP contribution in [0.15, 0.2) is 34.9 Å². The number of hydrogen-bond donors (Lipinski definition) is 2. The van der Waals surface area contributed by atoms with Crippen LogP contribution in [0, 0.1) is 6.92 Å². The van der Waals surface area contributed by atoms with Crippen LogP contribution in [-0.4, -0.2) is 9.97 Å². The Morgan fingerprint density at radius 1 is 1.31 bits per heavy atom. The summed E-state index contributed by atoms with van der Waals surface area (Å²) < 4.78 is 1.06. The van der Waals surface area contributed by atoms with E-state index in [4.69, 9.17) is 5.73 Å². The van der Waals surface area contributed by atoms with Gasteiger partial charge in [0.1, 0.15) is 5.82 Å². The van der Waals surface area contributed by atoms with Gasteiger partial charge in [-0.05, 0) is 30.7 Å². The Kier molecular flexibility index (Phi) is 3.05. The third-order valence-corrected chi connectivity index (χ3v) is 2.97. The molecular formula is C11H11BrN4. The number of benzene rings is 1. The zero-order chi connectivity index (χ0) is 11.5. The van der Waals surface area contributed by atoms with Gasteiger partial charge in [0.2, 0.25) is 5.95 Å². The first-order chi connectivity index (χ1) is 7.65. The van der Waals surface area contributed by atoms with Crippen LogP contribution in [0.5, 0.6) is 0 Å². The summed E-state index contributed by atoms with van der Waals surface area (Å²) in [7, 11) is 0. The van der Waals surface area contributed by atoms with E-state index in [1.54, 1.807) is 12.3 Å². The Balaban J connectivity index is 2.24. The molecule has 0 bridgehead atoms. The second-order valence-corrected chi connectivity index (χ2v) is 4.24. The van der Waals surface area contributed by atoms with E-state index >= 15 is 0 Å². The van der Waals surface area contributed by atoms with Gasteiger partial charge in [0.05, 0.1) is 0 Å². The lowest BCUT2D eigenvalue weighted by Crippen LogP contribution is -1.99. The highest BCUT2D eigenvalue weighted by molar-refractivity contribution is 9.10. The molecule has 5 heteroatoms. The van der Waals surface area contributed by atoms with Crippen molar-refractivity contribution in [3.05, 3.63) is 40.5 Å². The van der Waals surface area contributed by atoms with Crippen LogP contribution in [0.4, 0.5) is 17.5 Å². The van der Waals surface area contributed by atoms with Crippen molar-refractivity contribution in [1.82, 2.24) is 9.97 Å². The van der Waals surface area contributed by atoms with Crippen LogP contribution in [0.2, 0.25) is 0 Å². The molecule has 0 atom stereocenters. The van der Waals surface area contributed by atoms with Crippen molar-refractivity contribution >= 4 is 33.4 Å². The van der Waals surface area contributed by atoms with E-state index in [9.17, 15) is 0 Å². The Hall–Kier alpha value is -1.62. The number of nitrogens with zero attached hydrogens (tertiary/aromatic N) is 2. The third kappa shape index (κ3) is 2.49. The molecule has 0 unspecified atom stereocenters. The summed E-state index contributed by atoms with van der Waals surface area (Å²) in [5.41, 5.74) is 7.64. The molecule has 0 aliphatic carbocycles. The van der Waals surface area contributed by atoms with Gasteiger partial charge in [0.15, 0.2) is 0 Å². The molecule has 0 saturated carbocycles. The van der Waals surface area contributed by atoms with E-state index in [2.05, 4.69) is 31.2 Å². The van der Waals surface area contributed by atoms with Crippen molar-refractivity contribution in [3.63, 3.8) is 0 Å². The van der Waals surface area contributed by atoms with Crippen LogP contribution < -0.4 is 11.1 Å². The first-order valence-corrected chi connectivity index (χ1v) is 5.56. The summed E-state index contributed by atoms with van der Waals surface area (Å²) in [6.45, 7) is 2.04. The maximum absolute atomic E-state index is 5.49. The lowest BCUT2D eigenvalue weighted by atomic mass is 10.2. The van der Waals surface area contributed by atoms with E-state index in [0.29, 0.717) is 5.82 Å². The molecule has 4 nitrogen and oxygen atoms in total. The van der Waals surface area contributed by atoms with Crippen LogP contribution in [0.25, 0.3) is 0 Å². The number of nitrogens with two attached hydrogens (primary N) is 1. The van der Waals surface area contributed by atoms with E-state index in [0.717, 1.165) is 10.2 Å². The standard InChI is InChI=1S/C11H11BrN4/c1-7-2-3-8(6-9(7)12)15-10-4-5-14-11(13)16-10/h2-6H,1H3,(H3,13,14,15,16). The Labute approximate surface area is 102 Å². The molecule has 0 aliphatic heterocycles. The van der Waals surface area contributed by atoms with Crippen molar-refractivity contribution in [2.24, 2.45) is 0 Å². The van der Waals surface area contributed by atoms with Gasteiger partial charge in [0, 0.05) is 16.4 Å². The molecule has 16 heavy (non-hydrogen) atoms. The highest BCUT2D eigenvalue weighted by atomic mass is 79.9. The second kappa shape index (κ2) is 4.49. The number of aromatic nitrogens is 2. The number of aryl methyl sites for hydroxylation is 1. The summed E-state index contributed by atoms with van der Waals surface area (Å²) in [4.78, 5) is 7.89. The van der Waals surface area contributed by atoms with Crippen molar-refractivity contribution in [2.75, 3.05) is 11.1 Å². The Morgan fingerprint density at radius 3 is 2.81 bits per heavy atom. The third-order valence-electron chi connectivity index (χ3n) is 2.12. The second-order valence-electron chi connectivity index (χ2n) is 3.39. The molecule has 0 radical (unpaired) electrons. The molecule has 0 saturated heterocycles. The van der Waals surface area contributed by atoms with Crippen molar-refractivity contribution in [2.45, 2.75) is 6.92 Å². The minimum Gasteiger partial charge on any atom is -0.368 e. The lowest BCUT2D eigenvalue weighted by molar-refractivity contribution is 1.18. The summed E-state index contributed by atoms with van der Waals surface area (Å²) in [6.07, 6.45) is 1.62. The summed E-state index contributed by atoms with van der Waals surface area (Å²) in [5.74, 6) is 0.944. The SMILES string of the molecule is Cc1ccc(Nc2ccnc(N)n2)cc1Br. The number of hydrogen-bond acceptors (Lipinski definition) is 4. The van der Waals surface area contributed by atoms with Gasteiger partial charge in [-0.2, -0.15) is 4.98 Å².